The van der Waals surface area contributed by atoms with E-state index in [0.717, 1.165) is 37.4 Å². The summed E-state index contributed by atoms with van der Waals surface area (Å²) in [5.41, 5.74) is 2.76. The number of hydrogen-bond donors (Lipinski definition) is 0. The van der Waals surface area contributed by atoms with Gasteiger partial charge in [0.1, 0.15) is 11.6 Å². The predicted molar refractivity (Wildman–Crippen MR) is 105 cm³/mol. The first-order valence-corrected chi connectivity index (χ1v) is 10.9. The number of nitrogens with zero attached hydrogens (tertiary/aromatic N) is 5. The Balaban J connectivity index is 1.16. The lowest BCUT2D eigenvalue weighted by molar-refractivity contribution is 0.0486. The summed E-state index contributed by atoms with van der Waals surface area (Å²) in [6, 6.07) is 1.62. The molecule has 0 amide bonds. The fourth-order valence-corrected chi connectivity index (χ4v) is 5.57. The first kappa shape index (κ1) is 16.9. The van der Waals surface area contributed by atoms with Crippen LogP contribution in [0, 0.1) is 6.92 Å². The Labute approximate surface area is 157 Å². The molecule has 1 aromatic heterocycles. The van der Waals surface area contributed by atoms with Gasteiger partial charge in [-0.3, -0.25) is 9.80 Å². The van der Waals surface area contributed by atoms with E-state index < -0.39 is 0 Å². The Morgan fingerprint density at radius 2 is 1.46 bits per heavy atom. The highest BCUT2D eigenvalue weighted by Crippen LogP contribution is 2.32. The molecule has 0 bridgehead atoms. The molecule has 0 aromatic carbocycles. The molecule has 142 valence electrons. The summed E-state index contributed by atoms with van der Waals surface area (Å²) in [6.07, 6.45) is 10.8. The van der Waals surface area contributed by atoms with Gasteiger partial charge in [-0.05, 0) is 39.0 Å². The number of anilines is 1. The molecule has 26 heavy (non-hydrogen) atoms. The fourth-order valence-electron chi connectivity index (χ4n) is 5.57. The highest BCUT2D eigenvalue weighted by molar-refractivity contribution is 5.53. The summed E-state index contributed by atoms with van der Waals surface area (Å²) in [6.45, 7) is 9.45. The summed E-state index contributed by atoms with van der Waals surface area (Å²) in [4.78, 5) is 17.5. The second-order valence-corrected chi connectivity index (χ2v) is 8.80. The minimum Gasteiger partial charge on any atom is -0.353 e. The van der Waals surface area contributed by atoms with Crippen molar-refractivity contribution in [2.45, 2.75) is 70.4 Å². The summed E-state index contributed by atoms with van der Waals surface area (Å²) in [5.74, 6) is 2.20. The normalized spacial score (nSPS) is 26.1. The SMILES string of the molecule is Cc1nc2c(c(N3CC(N4CCN(C5CCCCC5)CC4)C3)n1)CCC2. The van der Waals surface area contributed by atoms with Gasteiger partial charge in [0.05, 0.1) is 0 Å². The van der Waals surface area contributed by atoms with Crippen molar-refractivity contribution in [1.82, 2.24) is 19.8 Å². The summed E-state index contributed by atoms with van der Waals surface area (Å²) in [7, 11) is 0. The third-order valence-electron chi connectivity index (χ3n) is 7.14. The van der Waals surface area contributed by atoms with Crippen molar-refractivity contribution in [3.05, 3.63) is 17.1 Å². The second kappa shape index (κ2) is 7.08. The van der Waals surface area contributed by atoms with E-state index in [1.54, 1.807) is 0 Å². The molecule has 3 heterocycles. The maximum absolute atomic E-state index is 4.81. The molecule has 4 aliphatic rings. The van der Waals surface area contributed by atoms with Crippen LogP contribution in [-0.2, 0) is 12.8 Å². The highest BCUT2D eigenvalue weighted by atomic mass is 15.4. The van der Waals surface area contributed by atoms with Crippen molar-refractivity contribution in [3.63, 3.8) is 0 Å². The van der Waals surface area contributed by atoms with Crippen LogP contribution in [0.3, 0.4) is 0 Å². The maximum atomic E-state index is 4.81. The van der Waals surface area contributed by atoms with Gasteiger partial charge < -0.3 is 4.90 Å². The standard InChI is InChI=1S/C21H33N5/c1-16-22-20-9-5-8-19(20)21(23-16)26-14-18(15-26)25-12-10-24(11-13-25)17-6-3-2-4-7-17/h17-18H,2-15H2,1H3. The number of piperazine rings is 1. The number of aryl methyl sites for hydroxylation is 2. The molecule has 5 heteroatoms. The van der Waals surface area contributed by atoms with Gasteiger partial charge >= 0.3 is 0 Å². The average Bonchev–Trinajstić information content (AvgIpc) is 3.10. The fraction of sp³-hybridized carbons (Fsp3) is 0.810. The minimum absolute atomic E-state index is 0.732. The molecule has 1 saturated carbocycles. The molecule has 2 aliphatic heterocycles. The first-order valence-electron chi connectivity index (χ1n) is 10.9. The molecular weight excluding hydrogens is 322 g/mol. The van der Waals surface area contributed by atoms with Gasteiger partial charge in [-0.15, -0.1) is 0 Å². The van der Waals surface area contributed by atoms with Crippen molar-refractivity contribution < 1.29 is 0 Å². The van der Waals surface area contributed by atoms with Crippen LogP contribution < -0.4 is 4.90 Å². The molecule has 0 unspecified atom stereocenters. The smallest absolute Gasteiger partial charge is 0.135 e. The predicted octanol–water partition coefficient (Wildman–Crippen LogP) is 2.41. The van der Waals surface area contributed by atoms with E-state index in [-0.39, 0.29) is 0 Å². The zero-order valence-corrected chi connectivity index (χ0v) is 16.3. The lowest BCUT2D eigenvalue weighted by Crippen LogP contribution is -2.64. The van der Waals surface area contributed by atoms with Gasteiger partial charge in [-0.2, -0.15) is 0 Å². The Bertz CT molecular complexity index is 640. The summed E-state index contributed by atoms with van der Waals surface area (Å²) >= 11 is 0. The van der Waals surface area contributed by atoms with Crippen molar-refractivity contribution in [1.29, 1.82) is 0 Å². The Kier molecular flexibility index (Phi) is 4.61. The number of hydrogen-bond acceptors (Lipinski definition) is 5. The Morgan fingerprint density at radius 3 is 2.19 bits per heavy atom. The molecule has 1 aromatic rings. The van der Waals surface area contributed by atoms with Crippen LogP contribution in [0.25, 0.3) is 0 Å². The molecule has 2 saturated heterocycles. The van der Waals surface area contributed by atoms with Gasteiger partial charge in [0, 0.05) is 62.6 Å². The van der Waals surface area contributed by atoms with E-state index in [0.29, 0.717) is 0 Å². The summed E-state index contributed by atoms with van der Waals surface area (Å²) in [5, 5.41) is 0. The molecule has 0 N–H and O–H groups in total. The van der Waals surface area contributed by atoms with Crippen LogP contribution in [0.4, 0.5) is 5.82 Å². The second-order valence-electron chi connectivity index (χ2n) is 8.80. The monoisotopic (exact) mass is 355 g/mol. The highest BCUT2D eigenvalue weighted by Gasteiger charge is 2.37. The van der Waals surface area contributed by atoms with Gasteiger partial charge in [-0.25, -0.2) is 9.97 Å². The molecule has 5 rings (SSSR count). The van der Waals surface area contributed by atoms with Crippen LogP contribution in [0.5, 0.6) is 0 Å². The van der Waals surface area contributed by atoms with E-state index in [2.05, 4.69) is 19.7 Å². The Hall–Kier alpha value is -1.20. The lowest BCUT2D eigenvalue weighted by atomic mass is 9.93. The van der Waals surface area contributed by atoms with E-state index >= 15 is 0 Å². The average molecular weight is 356 g/mol. The van der Waals surface area contributed by atoms with E-state index in [4.69, 9.17) is 4.98 Å². The van der Waals surface area contributed by atoms with Crippen LogP contribution in [0.15, 0.2) is 0 Å². The van der Waals surface area contributed by atoms with Gasteiger partial charge in [-0.1, -0.05) is 19.3 Å². The third kappa shape index (κ3) is 3.13. The van der Waals surface area contributed by atoms with Crippen LogP contribution in [0.1, 0.15) is 55.6 Å². The zero-order valence-electron chi connectivity index (χ0n) is 16.3. The van der Waals surface area contributed by atoms with Crippen molar-refractivity contribution in [2.75, 3.05) is 44.2 Å². The van der Waals surface area contributed by atoms with E-state index in [1.165, 1.54) is 88.2 Å². The van der Waals surface area contributed by atoms with Gasteiger partial charge in [0.2, 0.25) is 0 Å². The molecule has 3 fully saturated rings. The maximum Gasteiger partial charge on any atom is 0.135 e. The molecule has 5 nitrogen and oxygen atoms in total. The number of rotatable bonds is 3. The molecule has 0 spiro atoms. The molecular formula is C21H33N5. The lowest BCUT2D eigenvalue weighted by Gasteiger charge is -2.50. The molecule has 2 aliphatic carbocycles. The van der Waals surface area contributed by atoms with Crippen molar-refractivity contribution in [2.24, 2.45) is 0 Å². The van der Waals surface area contributed by atoms with Crippen molar-refractivity contribution in [3.8, 4) is 0 Å². The topological polar surface area (TPSA) is 35.5 Å². The van der Waals surface area contributed by atoms with E-state index in [9.17, 15) is 0 Å². The van der Waals surface area contributed by atoms with E-state index in [1.807, 2.05) is 6.92 Å². The summed E-state index contributed by atoms with van der Waals surface area (Å²) < 4.78 is 0. The van der Waals surface area contributed by atoms with Crippen LogP contribution in [-0.4, -0.2) is 71.1 Å². The minimum atomic E-state index is 0.732. The number of aromatic nitrogens is 2. The number of fused-ring (bicyclic) bond motifs is 1. The molecule has 0 radical (unpaired) electrons. The largest absolute Gasteiger partial charge is 0.353 e. The van der Waals surface area contributed by atoms with Gasteiger partial charge in [0.25, 0.3) is 0 Å². The Morgan fingerprint density at radius 1 is 0.769 bits per heavy atom. The first-order chi connectivity index (χ1) is 12.8. The van der Waals surface area contributed by atoms with Gasteiger partial charge in [0.15, 0.2) is 0 Å². The quantitative estimate of drug-likeness (QED) is 0.832. The van der Waals surface area contributed by atoms with Crippen LogP contribution in [0.2, 0.25) is 0 Å². The third-order valence-corrected chi connectivity index (χ3v) is 7.14. The van der Waals surface area contributed by atoms with Crippen LogP contribution >= 0.6 is 0 Å². The zero-order chi connectivity index (χ0) is 17.5. The van der Waals surface area contributed by atoms with Crippen molar-refractivity contribution >= 4 is 5.82 Å². The molecule has 0 atom stereocenters.